The van der Waals surface area contributed by atoms with Crippen LogP contribution in [0.15, 0.2) is 4.99 Å². The van der Waals surface area contributed by atoms with Gasteiger partial charge in [-0.3, -0.25) is 5.43 Å². The minimum atomic E-state index is 0.266. The number of hydrogen-bond donors (Lipinski definition) is 2. The highest BCUT2D eigenvalue weighted by Gasteiger charge is 2.11. The average Bonchev–Trinajstić information content (AvgIpc) is 2.22. The van der Waals surface area contributed by atoms with Gasteiger partial charge in [-0.05, 0) is 26.7 Å². The van der Waals surface area contributed by atoms with E-state index < -0.39 is 0 Å². The second-order valence-corrected chi connectivity index (χ2v) is 4.24. The third-order valence-electron chi connectivity index (χ3n) is 2.42. The topological polar surface area (TPSA) is 53.6 Å². The Bertz CT molecular complexity index is 189. The van der Waals surface area contributed by atoms with Crippen LogP contribution in [0.25, 0.3) is 0 Å². The van der Waals surface area contributed by atoms with Crippen LogP contribution >= 0.6 is 0 Å². The summed E-state index contributed by atoms with van der Waals surface area (Å²) in [7, 11) is 0. The molecule has 0 heterocycles. The summed E-state index contributed by atoms with van der Waals surface area (Å²) >= 11 is 0. The van der Waals surface area contributed by atoms with Gasteiger partial charge in [-0.15, -0.1) is 0 Å². The number of guanidine groups is 1. The van der Waals surface area contributed by atoms with E-state index in [9.17, 15) is 0 Å². The molecule has 3 N–H and O–H groups in total. The van der Waals surface area contributed by atoms with E-state index in [1.807, 2.05) is 0 Å². The number of rotatable bonds is 5. The van der Waals surface area contributed by atoms with E-state index in [-0.39, 0.29) is 6.04 Å². The van der Waals surface area contributed by atoms with Crippen LogP contribution in [0.2, 0.25) is 0 Å². The maximum absolute atomic E-state index is 5.49. The predicted molar refractivity (Wildman–Crippen MR) is 66.6 cm³/mol. The van der Waals surface area contributed by atoms with Gasteiger partial charge in [-0.1, -0.05) is 20.3 Å². The Balaban J connectivity index is 4.47. The van der Waals surface area contributed by atoms with Crippen molar-refractivity contribution < 1.29 is 0 Å². The van der Waals surface area contributed by atoms with Gasteiger partial charge < -0.3 is 4.90 Å². The van der Waals surface area contributed by atoms with E-state index in [2.05, 4.69) is 49.9 Å². The first kappa shape index (κ1) is 14.2. The van der Waals surface area contributed by atoms with Gasteiger partial charge in [0.25, 0.3) is 0 Å². The molecule has 90 valence electrons. The first-order chi connectivity index (χ1) is 7.04. The number of nitrogens with two attached hydrogens (primary N) is 1. The quantitative estimate of drug-likeness (QED) is 0.316. The molecule has 1 unspecified atom stereocenters. The summed E-state index contributed by atoms with van der Waals surface area (Å²) in [5.41, 5.74) is 2.69. The molecule has 0 aromatic rings. The van der Waals surface area contributed by atoms with Crippen molar-refractivity contribution in [1.82, 2.24) is 10.3 Å². The van der Waals surface area contributed by atoms with Crippen molar-refractivity contribution in [3.63, 3.8) is 0 Å². The molecule has 0 aliphatic carbocycles. The molecular weight excluding hydrogens is 188 g/mol. The first-order valence-electron chi connectivity index (χ1n) is 5.84. The third-order valence-corrected chi connectivity index (χ3v) is 2.42. The van der Waals surface area contributed by atoms with Gasteiger partial charge >= 0.3 is 0 Å². The summed E-state index contributed by atoms with van der Waals surface area (Å²) in [6.45, 7) is 12.6. The molecule has 0 radical (unpaired) electrons. The fraction of sp³-hybridized carbons (Fsp3) is 0.909. The summed E-state index contributed by atoms with van der Waals surface area (Å²) in [5, 5.41) is 0. The molecule has 0 aromatic heterocycles. The van der Waals surface area contributed by atoms with E-state index in [1.165, 1.54) is 6.42 Å². The molecule has 0 spiro atoms. The molecule has 0 aliphatic heterocycles. The van der Waals surface area contributed by atoms with Gasteiger partial charge in [-0.2, -0.15) is 0 Å². The molecule has 0 fully saturated rings. The molecule has 0 amide bonds. The summed E-state index contributed by atoms with van der Waals surface area (Å²) in [6.07, 6.45) is 1.18. The molecular formula is C11H26N4. The van der Waals surface area contributed by atoms with Crippen LogP contribution in [0, 0.1) is 5.92 Å². The Morgan fingerprint density at radius 2 is 1.93 bits per heavy atom. The Labute approximate surface area is 93.9 Å². The van der Waals surface area contributed by atoms with Gasteiger partial charge in [0.1, 0.15) is 0 Å². The fourth-order valence-electron chi connectivity index (χ4n) is 1.33. The van der Waals surface area contributed by atoms with Crippen LogP contribution in [-0.4, -0.2) is 30.0 Å². The Hall–Kier alpha value is -0.770. The standard InChI is InChI=1S/C11H26N4/c1-6-10(5)8-15(7-2)11(14-12)13-9(3)4/h9-10H,6-8,12H2,1-5H3,(H,13,14). The SMILES string of the molecule is CCC(C)CN(CC)C(=NC(C)C)NN. The van der Waals surface area contributed by atoms with E-state index in [1.54, 1.807) is 0 Å². The number of nitrogens with zero attached hydrogens (tertiary/aromatic N) is 2. The molecule has 0 bridgehead atoms. The highest BCUT2D eigenvalue weighted by molar-refractivity contribution is 5.79. The largest absolute Gasteiger partial charge is 0.342 e. The maximum atomic E-state index is 5.49. The molecule has 0 aromatic carbocycles. The van der Waals surface area contributed by atoms with Crippen molar-refractivity contribution in [2.75, 3.05) is 13.1 Å². The zero-order valence-electron chi connectivity index (χ0n) is 10.7. The van der Waals surface area contributed by atoms with Crippen molar-refractivity contribution in [1.29, 1.82) is 0 Å². The predicted octanol–water partition coefficient (Wildman–Crippen LogP) is 1.58. The van der Waals surface area contributed by atoms with Crippen LogP contribution in [0.3, 0.4) is 0 Å². The summed E-state index contributed by atoms with van der Waals surface area (Å²) in [4.78, 5) is 6.65. The molecule has 4 heteroatoms. The van der Waals surface area contributed by atoms with Crippen LogP contribution in [0.1, 0.15) is 41.0 Å². The Kier molecular flexibility index (Phi) is 7.13. The number of aliphatic imine (C=N–C) groups is 1. The van der Waals surface area contributed by atoms with Gasteiger partial charge in [0.15, 0.2) is 0 Å². The normalized spacial score (nSPS) is 14.2. The smallest absolute Gasteiger partial charge is 0.208 e. The van der Waals surface area contributed by atoms with Crippen molar-refractivity contribution >= 4 is 5.96 Å². The molecule has 0 rings (SSSR count). The van der Waals surface area contributed by atoms with Gasteiger partial charge in [0.2, 0.25) is 5.96 Å². The van der Waals surface area contributed by atoms with Crippen LogP contribution in [0.4, 0.5) is 0 Å². The monoisotopic (exact) mass is 214 g/mol. The lowest BCUT2D eigenvalue weighted by molar-refractivity contribution is 0.347. The molecule has 0 aliphatic rings. The Morgan fingerprint density at radius 1 is 1.33 bits per heavy atom. The van der Waals surface area contributed by atoms with E-state index >= 15 is 0 Å². The van der Waals surface area contributed by atoms with Crippen molar-refractivity contribution in [3.8, 4) is 0 Å². The summed E-state index contributed by atoms with van der Waals surface area (Å²) in [5.74, 6) is 6.95. The van der Waals surface area contributed by atoms with Crippen molar-refractivity contribution in [2.24, 2.45) is 16.8 Å². The second kappa shape index (κ2) is 7.51. The Morgan fingerprint density at radius 3 is 2.27 bits per heavy atom. The lowest BCUT2D eigenvalue weighted by Gasteiger charge is -2.27. The van der Waals surface area contributed by atoms with Gasteiger partial charge in [0, 0.05) is 19.1 Å². The molecule has 15 heavy (non-hydrogen) atoms. The second-order valence-electron chi connectivity index (χ2n) is 4.24. The minimum absolute atomic E-state index is 0.266. The third kappa shape index (κ3) is 5.62. The average molecular weight is 214 g/mol. The molecule has 0 saturated carbocycles. The molecule has 4 nitrogen and oxygen atoms in total. The van der Waals surface area contributed by atoms with Gasteiger partial charge in [0.05, 0.1) is 0 Å². The van der Waals surface area contributed by atoms with Crippen LogP contribution < -0.4 is 11.3 Å². The number of hydrazine groups is 1. The number of hydrogen-bond acceptors (Lipinski definition) is 2. The number of nitrogens with one attached hydrogen (secondary N) is 1. The first-order valence-corrected chi connectivity index (χ1v) is 5.84. The highest BCUT2D eigenvalue weighted by Crippen LogP contribution is 2.04. The van der Waals surface area contributed by atoms with Crippen LogP contribution in [0.5, 0.6) is 0 Å². The molecule has 1 atom stereocenters. The lowest BCUT2D eigenvalue weighted by atomic mass is 10.1. The van der Waals surface area contributed by atoms with E-state index in [4.69, 9.17) is 5.84 Å². The zero-order chi connectivity index (χ0) is 11.8. The van der Waals surface area contributed by atoms with E-state index in [0.29, 0.717) is 5.92 Å². The van der Waals surface area contributed by atoms with Crippen LogP contribution in [-0.2, 0) is 0 Å². The van der Waals surface area contributed by atoms with Crippen molar-refractivity contribution in [2.45, 2.75) is 47.1 Å². The highest BCUT2D eigenvalue weighted by atomic mass is 15.4. The van der Waals surface area contributed by atoms with Crippen molar-refractivity contribution in [3.05, 3.63) is 0 Å². The van der Waals surface area contributed by atoms with E-state index in [0.717, 1.165) is 19.0 Å². The maximum Gasteiger partial charge on any atom is 0.208 e. The minimum Gasteiger partial charge on any atom is -0.342 e. The zero-order valence-corrected chi connectivity index (χ0v) is 10.7. The lowest BCUT2D eigenvalue weighted by Crippen LogP contribution is -2.46. The molecule has 0 saturated heterocycles. The summed E-state index contributed by atoms with van der Waals surface area (Å²) in [6, 6.07) is 0.266. The fourth-order valence-corrected chi connectivity index (χ4v) is 1.33. The van der Waals surface area contributed by atoms with Gasteiger partial charge in [-0.25, -0.2) is 10.8 Å². The summed E-state index contributed by atoms with van der Waals surface area (Å²) < 4.78 is 0.